The number of likely N-dealkylation sites (N-methyl/N-ethyl adjacent to an activating group) is 1. The molecule has 20 heavy (non-hydrogen) atoms. The van der Waals surface area contributed by atoms with Crippen molar-refractivity contribution in [3.63, 3.8) is 0 Å². The first kappa shape index (κ1) is 16.4. The Hall–Kier alpha value is -1.70. The van der Waals surface area contributed by atoms with Crippen LogP contribution in [0.15, 0.2) is 29.2 Å². The molecule has 0 aliphatic heterocycles. The van der Waals surface area contributed by atoms with E-state index in [-0.39, 0.29) is 5.91 Å². The number of hydrogen-bond donors (Lipinski definition) is 1. The lowest BCUT2D eigenvalue weighted by molar-refractivity contribution is -0.129. The van der Waals surface area contributed by atoms with E-state index in [9.17, 15) is 22.0 Å². The van der Waals surface area contributed by atoms with Gasteiger partial charge in [0.2, 0.25) is 15.7 Å². The highest BCUT2D eigenvalue weighted by molar-refractivity contribution is 7.91. The highest BCUT2D eigenvalue weighted by Gasteiger charge is 2.26. The van der Waals surface area contributed by atoms with Crippen LogP contribution in [0.3, 0.4) is 0 Å². The maximum atomic E-state index is 12.3. The number of benzene rings is 1. The minimum Gasteiger partial charge on any atom is -0.374 e. The maximum Gasteiger partial charge on any atom is 0.341 e. The van der Waals surface area contributed by atoms with Gasteiger partial charge in [0.1, 0.15) is 6.04 Å². The van der Waals surface area contributed by atoms with E-state index >= 15 is 0 Å². The monoisotopic (exact) mass is 306 g/mol. The molecule has 1 unspecified atom stereocenters. The Morgan fingerprint density at radius 2 is 1.70 bits per heavy atom. The predicted octanol–water partition coefficient (Wildman–Crippen LogP) is 1.57. The van der Waals surface area contributed by atoms with Crippen LogP contribution < -0.4 is 5.32 Å². The molecule has 0 bridgehead atoms. The number of nitrogens with zero attached hydrogens (tertiary/aromatic N) is 1. The Kier molecular flexibility index (Phi) is 5.04. The summed E-state index contributed by atoms with van der Waals surface area (Å²) in [4.78, 5) is 12.6. The maximum absolute atomic E-state index is 12.3. The van der Waals surface area contributed by atoms with E-state index in [4.69, 9.17) is 0 Å². The molecule has 1 aromatic rings. The highest BCUT2D eigenvalue weighted by atomic mass is 32.2. The summed E-state index contributed by atoms with van der Waals surface area (Å²) in [6.07, 6.45) is 0. The van der Waals surface area contributed by atoms with Crippen LogP contribution >= 0.6 is 0 Å². The zero-order valence-corrected chi connectivity index (χ0v) is 12.1. The highest BCUT2D eigenvalue weighted by Crippen LogP contribution is 2.20. The average Bonchev–Trinajstić information content (AvgIpc) is 2.38. The van der Waals surface area contributed by atoms with Crippen molar-refractivity contribution in [3.05, 3.63) is 24.3 Å². The lowest BCUT2D eigenvalue weighted by Crippen LogP contribution is -2.36. The largest absolute Gasteiger partial charge is 0.374 e. The molecule has 1 aromatic carbocycles. The van der Waals surface area contributed by atoms with Crippen LogP contribution in [0.25, 0.3) is 0 Å². The molecule has 1 N–H and O–H groups in total. The first-order chi connectivity index (χ1) is 9.16. The number of sulfone groups is 1. The molecule has 0 aliphatic rings. The van der Waals surface area contributed by atoms with Crippen LogP contribution in [-0.2, 0) is 14.6 Å². The van der Waals surface area contributed by atoms with Gasteiger partial charge in [0.05, 0.1) is 4.90 Å². The van der Waals surface area contributed by atoms with Crippen molar-refractivity contribution in [3.8, 4) is 0 Å². The van der Waals surface area contributed by atoms with Crippen molar-refractivity contribution in [2.45, 2.75) is 23.6 Å². The summed E-state index contributed by atoms with van der Waals surface area (Å²) in [5.74, 6) is -3.61. The van der Waals surface area contributed by atoms with E-state index < -0.39 is 26.5 Å². The Morgan fingerprint density at radius 3 is 2.10 bits per heavy atom. The van der Waals surface area contributed by atoms with Crippen LogP contribution in [0.2, 0.25) is 0 Å². The second-order valence-electron chi connectivity index (χ2n) is 4.43. The molecular formula is C12H16F2N2O3S. The van der Waals surface area contributed by atoms with Gasteiger partial charge in [0.25, 0.3) is 0 Å². The summed E-state index contributed by atoms with van der Waals surface area (Å²) >= 11 is 0. The lowest BCUT2D eigenvalue weighted by Gasteiger charge is -2.19. The van der Waals surface area contributed by atoms with E-state index in [0.717, 1.165) is 12.1 Å². The normalized spacial score (nSPS) is 13.1. The molecule has 0 fully saturated rings. The standard InChI is InChI=1S/C12H16F2N2O3S/c1-8(11(17)16(2)3)15-9-4-6-10(7-5-9)20(18,19)12(13)14/h4-8,12,15H,1-3H3. The molecule has 0 spiro atoms. The molecule has 0 radical (unpaired) electrons. The van der Waals surface area contributed by atoms with Gasteiger partial charge in [0, 0.05) is 19.8 Å². The smallest absolute Gasteiger partial charge is 0.341 e. The molecular weight excluding hydrogens is 290 g/mol. The van der Waals surface area contributed by atoms with Gasteiger partial charge in [-0.2, -0.15) is 8.78 Å². The van der Waals surface area contributed by atoms with Crippen molar-refractivity contribution in [1.29, 1.82) is 0 Å². The van der Waals surface area contributed by atoms with Gasteiger partial charge < -0.3 is 10.2 Å². The molecule has 1 amide bonds. The van der Waals surface area contributed by atoms with Crippen LogP contribution in [0, 0.1) is 0 Å². The quantitative estimate of drug-likeness (QED) is 0.897. The fourth-order valence-electron chi connectivity index (χ4n) is 1.54. The molecule has 1 rings (SSSR count). The summed E-state index contributed by atoms with van der Waals surface area (Å²) in [6, 6.07) is 4.33. The zero-order valence-electron chi connectivity index (χ0n) is 11.3. The number of halogens is 2. The molecule has 0 saturated heterocycles. The molecule has 8 heteroatoms. The minimum atomic E-state index is -4.59. The van der Waals surface area contributed by atoms with E-state index in [1.54, 1.807) is 21.0 Å². The number of carbonyl (C=O) groups excluding carboxylic acids is 1. The summed E-state index contributed by atoms with van der Waals surface area (Å²) in [7, 11) is -1.37. The van der Waals surface area contributed by atoms with Gasteiger partial charge in [-0.1, -0.05) is 0 Å². The van der Waals surface area contributed by atoms with Gasteiger partial charge in [-0.3, -0.25) is 4.79 Å². The molecule has 0 aliphatic carbocycles. The molecule has 5 nitrogen and oxygen atoms in total. The van der Waals surface area contributed by atoms with Crippen LogP contribution in [0.4, 0.5) is 14.5 Å². The number of carbonyl (C=O) groups is 1. The molecule has 1 atom stereocenters. The third-order valence-corrected chi connectivity index (χ3v) is 4.01. The number of amides is 1. The Labute approximate surface area is 116 Å². The first-order valence-corrected chi connectivity index (χ1v) is 7.30. The van der Waals surface area contributed by atoms with Crippen LogP contribution in [-0.4, -0.2) is 45.1 Å². The Morgan fingerprint density at radius 1 is 1.20 bits per heavy atom. The third-order valence-electron chi connectivity index (χ3n) is 2.61. The van der Waals surface area contributed by atoms with Gasteiger partial charge in [0.15, 0.2) is 0 Å². The summed E-state index contributed by atoms with van der Waals surface area (Å²) < 4.78 is 47.2. The van der Waals surface area contributed by atoms with Crippen molar-refractivity contribution in [1.82, 2.24) is 4.90 Å². The molecule has 112 valence electrons. The SMILES string of the molecule is CC(Nc1ccc(S(=O)(=O)C(F)F)cc1)C(=O)N(C)C. The van der Waals surface area contributed by atoms with Gasteiger partial charge >= 0.3 is 5.76 Å². The predicted molar refractivity (Wildman–Crippen MR) is 71.4 cm³/mol. The Balaban J connectivity index is 2.86. The topological polar surface area (TPSA) is 66.5 Å². The van der Waals surface area contributed by atoms with E-state index in [2.05, 4.69) is 5.32 Å². The van der Waals surface area contributed by atoms with Crippen LogP contribution in [0.1, 0.15) is 6.92 Å². The van der Waals surface area contributed by atoms with Gasteiger partial charge in [-0.15, -0.1) is 0 Å². The zero-order chi connectivity index (χ0) is 15.5. The fraction of sp³-hybridized carbons (Fsp3) is 0.417. The number of nitrogens with one attached hydrogen (secondary N) is 1. The number of rotatable bonds is 5. The molecule has 0 aromatic heterocycles. The number of anilines is 1. The second kappa shape index (κ2) is 6.17. The number of hydrogen-bond acceptors (Lipinski definition) is 4. The van der Waals surface area contributed by atoms with Gasteiger partial charge in [-0.05, 0) is 31.2 Å². The van der Waals surface area contributed by atoms with Crippen molar-refractivity contribution in [2.24, 2.45) is 0 Å². The third kappa shape index (κ3) is 3.66. The minimum absolute atomic E-state index is 0.158. The van der Waals surface area contributed by atoms with E-state index in [0.29, 0.717) is 5.69 Å². The van der Waals surface area contributed by atoms with Crippen LogP contribution in [0.5, 0.6) is 0 Å². The molecule has 0 heterocycles. The average molecular weight is 306 g/mol. The van der Waals surface area contributed by atoms with E-state index in [1.807, 2.05) is 0 Å². The van der Waals surface area contributed by atoms with Crippen molar-refractivity contribution in [2.75, 3.05) is 19.4 Å². The molecule has 0 saturated carbocycles. The summed E-state index contributed by atoms with van der Waals surface area (Å²) in [5.41, 5.74) is 0.473. The van der Waals surface area contributed by atoms with E-state index in [1.165, 1.54) is 17.0 Å². The summed E-state index contributed by atoms with van der Waals surface area (Å²) in [5, 5.41) is 2.86. The Bertz CT molecular complexity index is 571. The first-order valence-electron chi connectivity index (χ1n) is 5.76. The lowest BCUT2D eigenvalue weighted by atomic mass is 10.2. The summed E-state index contributed by atoms with van der Waals surface area (Å²) in [6.45, 7) is 1.64. The van der Waals surface area contributed by atoms with Crippen molar-refractivity contribution >= 4 is 21.4 Å². The van der Waals surface area contributed by atoms with Crippen molar-refractivity contribution < 1.29 is 22.0 Å². The second-order valence-corrected chi connectivity index (χ2v) is 6.35. The van der Waals surface area contributed by atoms with Gasteiger partial charge in [-0.25, -0.2) is 8.42 Å². The number of alkyl halides is 2. The fourth-order valence-corrected chi connectivity index (χ4v) is 2.26.